The Morgan fingerprint density at radius 1 is 1.50 bits per heavy atom. The molecule has 0 saturated carbocycles. The molecule has 1 aromatic carbocycles. The molecule has 92 valence electrons. The van der Waals surface area contributed by atoms with Crippen molar-refractivity contribution in [1.29, 1.82) is 5.26 Å². The summed E-state index contributed by atoms with van der Waals surface area (Å²) in [7, 11) is 2.12. The molecule has 18 heavy (non-hydrogen) atoms. The minimum atomic E-state index is 0.408. The van der Waals surface area contributed by atoms with Crippen molar-refractivity contribution in [3.8, 4) is 6.07 Å². The number of likely N-dealkylation sites (N-methyl/N-ethyl adjacent to an activating group) is 1. The number of hydrogen-bond acceptors (Lipinski definition) is 3. The molecule has 1 fully saturated rings. The quantitative estimate of drug-likeness (QED) is 0.799. The lowest BCUT2D eigenvalue weighted by Gasteiger charge is -2.13. The topological polar surface area (TPSA) is 47.8 Å². The normalized spacial score (nSPS) is 20.3. The van der Waals surface area contributed by atoms with Crippen LogP contribution >= 0.6 is 12.2 Å². The number of hydrogen-bond donors (Lipinski definition) is 1. The van der Waals surface area contributed by atoms with Gasteiger partial charge in [0.2, 0.25) is 0 Å². The molecule has 0 aliphatic carbocycles. The van der Waals surface area contributed by atoms with Crippen molar-refractivity contribution in [3.63, 3.8) is 0 Å². The van der Waals surface area contributed by atoms with Gasteiger partial charge in [-0.3, -0.25) is 0 Å². The fraction of sp³-hybridized carbons (Fsp3) is 0.385. The van der Waals surface area contributed by atoms with Crippen molar-refractivity contribution in [3.05, 3.63) is 28.5 Å². The first-order valence-corrected chi connectivity index (χ1v) is 6.43. The van der Waals surface area contributed by atoms with Gasteiger partial charge in [-0.1, -0.05) is 6.07 Å². The summed E-state index contributed by atoms with van der Waals surface area (Å²) in [4.78, 5) is 5.48. The number of benzene rings is 1. The maximum atomic E-state index is 9.12. The largest absolute Gasteiger partial charge is 0.329 e. The van der Waals surface area contributed by atoms with Crippen LogP contribution in [0.15, 0.2) is 18.2 Å². The number of para-hydroxylation sites is 1. The number of fused-ring (bicyclic) bond motifs is 1. The van der Waals surface area contributed by atoms with Gasteiger partial charge < -0.3 is 14.5 Å². The first kappa shape index (κ1) is 11.5. The van der Waals surface area contributed by atoms with E-state index in [9.17, 15) is 0 Å². The maximum absolute atomic E-state index is 9.12. The van der Waals surface area contributed by atoms with E-state index < -0.39 is 0 Å². The zero-order valence-electron chi connectivity index (χ0n) is 10.2. The highest BCUT2D eigenvalue weighted by Gasteiger charge is 2.23. The van der Waals surface area contributed by atoms with E-state index in [4.69, 9.17) is 17.5 Å². The van der Waals surface area contributed by atoms with E-state index in [-0.39, 0.29) is 0 Å². The van der Waals surface area contributed by atoms with Crippen molar-refractivity contribution in [2.45, 2.75) is 12.5 Å². The summed E-state index contributed by atoms with van der Waals surface area (Å²) in [5, 5.41) is 9.12. The monoisotopic (exact) mass is 258 g/mol. The van der Waals surface area contributed by atoms with Crippen molar-refractivity contribution in [2.75, 3.05) is 20.1 Å². The van der Waals surface area contributed by atoms with Gasteiger partial charge in [-0.15, -0.1) is 0 Å². The lowest BCUT2D eigenvalue weighted by atomic mass is 10.2. The van der Waals surface area contributed by atoms with Crippen molar-refractivity contribution >= 4 is 23.3 Å². The Kier molecular flexibility index (Phi) is 2.69. The van der Waals surface area contributed by atoms with Gasteiger partial charge in [0.15, 0.2) is 4.77 Å². The summed E-state index contributed by atoms with van der Waals surface area (Å²) < 4.78 is 2.88. The van der Waals surface area contributed by atoms with E-state index in [1.807, 2.05) is 18.2 Å². The highest BCUT2D eigenvalue weighted by atomic mass is 32.1. The predicted octanol–water partition coefficient (Wildman–Crippen LogP) is 2.45. The van der Waals surface area contributed by atoms with Crippen molar-refractivity contribution < 1.29 is 0 Å². The fourth-order valence-electron chi connectivity index (χ4n) is 2.73. The van der Waals surface area contributed by atoms with Crippen LogP contribution in [0.3, 0.4) is 0 Å². The van der Waals surface area contributed by atoms with Gasteiger partial charge in [0.05, 0.1) is 22.6 Å². The Morgan fingerprint density at radius 3 is 3.00 bits per heavy atom. The molecular formula is C13H14N4S. The Bertz CT molecular complexity index is 691. The molecule has 5 heteroatoms. The molecule has 1 aromatic heterocycles. The first-order valence-electron chi connectivity index (χ1n) is 6.02. The number of nitrogens with one attached hydrogen (secondary N) is 1. The highest BCUT2D eigenvalue weighted by molar-refractivity contribution is 7.71. The van der Waals surface area contributed by atoms with Crippen LogP contribution in [0.25, 0.3) is 11.0 Å². The average Bonchev–Trinajstić information content (AvgIpc) is 2.91. The molecule has 1 atom stereocenters. The Labute approximate surface area is 110 Å². The summed E-state index contributed by atoms with van der Waals surface area (Å²) in [6.07, 6.45) is 1.11. The zero-order chi connectivity index (χ0) is 12.7. The van der Waals surface area contributed by atoms with Gasteiger partial charge in [0, 0.05) is 6.54 Å². The van der Waals surface area contributed by atoms with Crippen LogP contribution in [-0.2, 0) is 0 Å². The van der Waals surface area contributed by atoms with Gasteiger partial charge in [-0.2, -0.15) is 5.26 Å². The second kappa shape index (κ2) is 4.23. The molecule has 2 aromatic rings. The molecule has 0 radical (unpaired) electrons. The Hall–Kier alpha value is -1.64. The molecule has 1 aliphatic heterocycles. The summed E-state index contributed by atoms with van der Waals surface area (Å²) in [6.45, 7) is 2.11. The van der Waals surface area contributed by atoms with Crippen LogP contribution in [0.5, 0.6) is 0 Å². The minimum absolute atomic E-state index is 0.408. The second-order valence-electron chi connectivity index (χ2n) is 4.82. The van der Waals surface area contributed by atoms with E-state index >= 15 is 0 Å². The summed E-state index contributed by atoms with van der Waals surface area (Å²) >= 11 is 5.42. The number of rotatable bonds is 1. The predicted molar refractivity (Wildman–Crippen MR) is 73.0 cm³/mol. The number of H-pyrrole nitrogens is 1. The highest BCUT2D eigenvalue weighted by Crippen LogP contribution is 2.27. The molecule has 1 aliphatic rings. The number of imidazole rings is 1. The summed E-state index contributed by atoms with van der Waals surface area (Å²) in [5.74, 6) is 0. The molecule has 0 bridgehead atoms. The van der Waals surface area contributed by atoms with E-state index in [1.54, 1.807) is 0 Å². The van der Waals surface area contributed by atoms with Crippen LogP contribution in [0.1, 0.15) is 18.0 Å². The third kappa shape index (κ3) is 1.65. The van der Waals surface area contributed by atoms with E-state index in [2.05, 4.69) is 27.6 Å². The van der Waals surface area contributed by atoms with Crippen LogP contribution in [0, 0.1) is 16.1 Å². The van der Waals surface area contributed by atoms with Crippen molar-refractivity contribution in [1.82, 2.24) is 14.5 Å². The van der Waals surface area contributed by atoms with E-state index in [0.717, 1.165) is 30.5 Å². The molecule has 4 nitrogen and oxygen atoms in total. The molecule has 1 N–H and O–H groups in total. The number of nitriles is 1. The third-order valence-electron chi connectivity index (χ3n) is 3.60. The zero-order valence-corrected chi connectivity index (χ0v) is 11.0. The van der Waals surface area contributed by atoms with Gasteiger partial charge in [0.1, 0.15) is 6.07 Å². The summed E-state index contributed by atoms with van der Waals surface area (Å²) in [5.41, 5.74) is 2.56. The molecule has 1 saturated heterocycles. The minimum Gasteiger partial charge on any atom is -0.329 e. The molecule has 0 spiro atoms. The lowest BCUT2D eigenvalue weighted by Crippen LogP contribution is -2.16. The Morgan fingerprint density at radius 2 is 2.33 bits per heavy atom. The van der Waals surface area contributed by atoms with Crippen LogP contribution in [0.2, 0.25) is 0 Å². The van der Waals surface area contributed by atoms with Crippen LogP contribution in [0.4, 0.5) is 0 Å². The molecular weight excluding hydrogens is 244 g/mol. The van der Waals surface area contributed by atoms with Crippen LogP contribution in [-0.4, -0.2) is 34.6 Å². The van der Waals surface area contributed by atoms with Crippen molar-refractivity contribution in [2.24, 2.45) is 0 Å². The number of likely N-dealkylation sites (tertiary alicyclic amines) is 1. The second-order valence-corrected chi connectivity index (χ2v) is 5.20. The van der Waals surface area contributed by atoms with Gasteiger partial charge in [-0.25, -0.2) is 0 Å². The first-order chi connectivity index (χ1) is 8.70. The van der Waals surface area contributed by atoms with E-state index in [0.29, 0.717) is 16.4 Å². The molecule has 3 rings (SSSR count). The van der Waals surface area contributed by atoms with Gasteiger partial charge >= 0.3 is 0 Å². The standard InChI is InChI=1S/C13H14N4S/c1-16-6-5-10(8-16)17-11-4-2-3-9(7-14)12(11)15-13(17)18/h2-4,10H,5-6,8H2,1H3,(H,15,18). The lowest BCUT2D eigenvalue weighted by molar-refractivity contribution is 0.394. The number of nitrogens with zero attached hydrogens (tertiary/aromatic N) is 3. The third-order valence-corrected chi connectivity index (χ3v) is 3.90. The fourth-order valence-corrected chi connectivity index (χ4v) is 3.08. The molecule has 2 heterocycles. The number of aromatic amines is 1. The van der Waals surface area contributed by atoms with Gasteiger partial charge in [-0.05, 0) is 44.4 Å². The molecule has 0 amide bonds. The number of aromatic nitrogens is 2. The SMILES string of the molecule is CN1CCC(n2c(=S)[nH]c3c(C#N)cccc32)C1. The van der Waals surface area contributed by atoms with E-state index in [1.165, 1.54) is 0 Å². The smallest absolute Gasteiger partial charge is 0.178 e. The molecule has 1 unspecified atom stereocenters. The van der Waals surface area contributed by atoms with Crippen LogP contribution < -0.4 is 0 Å². The average molecular weight is 258 g/mol. The maximum Gasteiger partial charge on any atom is 0.178 e. The summed E-state index contributed by atoms with van der Waals surface area (Å²) in [6, 6.07) is 8.38. The van der Waals surface area contributed by atoms with Gasteiger partial charge in [0.25, 0.3) is 0 Å². The Balaban J connectivity index is 2.21.